The zero-order valence-corrected chi connectivity index (χ0v) is 18.2. The van der Waals surface area contributed by atoms with Gasteiger partial charge in [0.05, 0.1) is 6.54 Å². The van der Waals surface area contributed by atoms with Crippen molar-refractivity contribution < 1.29 is 9.32 Å². The lowest BCUT2D eigenvalue weighted by Gasteiger charge is -2.25. The number of carbonyl (C=O) groups is 1. The van der Waals surface area contributed by atoms with Crippen molar-refractivity contribution >= 4 is 35.8 Å². The minimum atomic E-state index is 0. The van der Waals surface area contributed by atoms with Crippen LogP contribution in [0.15, 0.2) is 9.52 Å². The van der Waals surface area contributed by atoms with Crippen LogP contribution < -0.4 is 5.32 Å². The van der Waals surface area contributed by atoms with Crippen molar-refractivity contribution in [3.63, 3.8) is 0 Å². The lowest BCUT2D eigenvalue weighted by atomic mass is 10.3. The van der Waals surface area contributed by atoms with Crippen LogP contribution in [0.1, 0.15) is 38.9 Å². The molecule has 1 amide bonds. The Morgan fingerprint density at radius 2 is 1.96 bits per heavy atom. The summed E-state index contributed by atoms with van der Waals surface area (Å²) in [7, 11) is 1.88. The van der Waals surface area contributed by atoms with E-state index in [0.717, 1.165) is 32.0 Å². The van der Waals surface area contributed by atoms with Gasteiger partial charge in [0.2, 0.25) is 11.8 Å². The number of aromatic nitrogens is 2. The minimum absolute atomic E-state index is 0. The Hall–Kier alpha value is -1.39. The fourth-order valence-electron chi connectivity index (χ4n) is 2.28. The van der Waals surface area contributed by atoms with Crippen molar-refractivity contribution in [2.45, 2.75) is 40.5 Å². The van der Waals surface area contributed by atoms with E-state index in [9.17, 15) is 4.79 Å². The fraction of sp³-hybridized carbons (Fsp3) is 0.750. The number of nitrogens with zero attached hydrogens (tertiary/aromatic N) is 5. The quantitative estimate of drug-likeness (QED) is 0.258. The standard InChI is InChI=1S/C16H30N6O2.HI/c1-6-17-16(21(5)12-15(23)22(7-2)8-3)18-11-9-10-14-19-13(4)20-24-14;/h6-12H2,1-5H3,(H,17,18);1H. The van der Waals surface area contributed by atoms with E-state index >= 15 is 0 Å². The number of guanidine groups is 1. The Morgan fingerprint density at radius 3 is 2.48 bits per heavy atom. The summed E-state index contributed by atoms with van der Waals surface area (Å²) < 4.78 is 5.08. The van der Waals surface area contributed by atoms with Crippen molar-refractivity contribution in [1.29, 1.82) is 0 Å². The second-order valence-corrected chi connectivity index (χ2v) is 5.50. The number of amides is 1. The molecule has 0 saturated heterocycles. The first-order valence-electron chi connectivity index (χ1n) is 8.58. The van der Waals surface area contributed by atoms with Gasteiger partial charge in [-0.2, -0.15) is 4.98 Å². The van der Waals surface area contributed by atoms with E-state index in [4.69, 9.17) is 4.52 Å². The van der Waals surface area contributed by atoms with Gasteiger partial charge in [0.25, 0.3) is 0 Å². The van der Waals surface area contributed by atoms with E-state index in [1.165, 1.54) is 0 Å². The molecule has 0 aliphatic heterocycles. The van der Waals surface area contributed by atoms with E-state index < -0.39 is 0 Å². The highest BCUT2D eigenvalue weighted by Gasteiger charge is 2.14. The van der Waals surface area contributed by atoms with Crippen LogP contribution in [-0.2, 0) is 11.2 Å². The van der Waals surface area contributed by atoms with E-state index in [1.54, 1.807) is 6.92 Å². The van der Waals surface area contributed by atoms with Gasteiger partial charge in [0.15, 0.2) is 11.8 Å². The third-order valence-electron chi connectivity index (χ3n) is 3.57. The molecule has 25 heavy (non-hydrogen) atoms. The second-order valence-electron chi connectivity index (χ2n) is 5.50. The van der Waals surface area contributed by atoms with Crippen LogP contribution in [0, 0.1) is 6.92 Å². The molecule has 9 heteroatoms. The van der Waals surface area contributed by atoms with Crippen LogP contribution in [0.2, 0.25) is 0 Å². The molecule has 0 aromatic carbocycles. The summed E-state index contributed by atoms with van der Waals surface area (Å²) in [6.07, 6.45) is 1.51. The summed E-state index contributed by atoms with van der Waals surface area (Å²) in [5, 5.41) is 6.99. The molecular formula is C16H31IN6O2. The summed E-state index contributed by atoms with van der Waals surface area (Å²) in [6, 6.07) is 0. The summed E-state index contributed by atoms with van der Waals surface area (Å²) in [4.78, 5) is 24.6. The molecular weight excluding hydrogens is 435 g/mol. The number of carbonyl (C=O) groups excluding carboxylic acids is 1. The third-order valence-corrected chi connectivity index (χ3v) is 3.57. The van der Waals surface area contributed by atoms with Gasteiger partial charge in [-0.25, -0.2) is 0 Å². The van der Waals surface area contributed by atoms with Gasteiger partial charge in [0, 0.05) is 39.6 Å². The number of nitrogens with one attached hydrogen (secondary N) is 1. The molecule has 1 heterocycles. The van der Waals surface area contributed by atoms with Crippen molar-refractivity contribution in [3.05, 3.63) is 11.7 Å². The fourth-order valence-corrected chi connectivity index (χ4v) is 2.28. The Morgan fingerprint density at radius 1 is 1.28 bits per heavy atom. The molecule has 1 aromatic rings. The first-order valence-corrected chi connectivity index (χ1v) is 8.58. The number of aliphatic imine (C=N–C) groups is 1. The molecule has 0 atom stereocenters. The number of halogens is 1. The number of aryl methyl sites for hydroxylation is 2. The molecule has 0 unspecified atom stereocenters. The van der Waals surface area contributed by atoms with Gasteiger partial charge in [-0.15, -0.1) is 24.0 Å². The lowest BCUT2D eigenvalue weighted by Crippen LogP contribution is -2.45. The van der Waals surface area contributed by atoms with Crippen LogP contribution >= 0.6 is 24.0 Å². The zero-order valence-electron chi connectivity index (χ0n) is 15.9. The van der Waals surface area contributed by atoms with Crippen LogP contribution in [0.25, 0.3) is 0 Å². The topological polar surface area (TPSA) is 86.9 Å². The average Bonchev–Trinajstić information content (AvgIpc) is 2.96. The van der Waals surface area contributed by atoms with E-state index in [2.05, 4.69) is 20.4 Å². The van der Waals surface area contributed by atoms with Crippen molar-refractivity contribution in [2.24, 2.45) is 4.99 Å². The summed E-state index contributed by atoms with van der Waals surface area (Å²) in [6.45, 7) is 10.9. The summed E-state index contributed by atoms with van der Waals surface area (Å²) in [5.74, 6) is 2.13. The number of hydrogen-bond donors (Lipinski definition) is 1. The normalized spacial score (nSPS) is 11.0. The van der Waals surface area contributed by atoms with Crippen molar-refractivity contribution in [3.8, 4) is 0 Å². The number of hydrogen-bond acceptors (Lipinski definition) is 5. The molecule has 1 rings (SSSR count). The largest absolute Gasteiger partial charge is 0.357 e. The predicted octanol–water partition coefficient (Wildman–Crippen LogP) is 1.69. The van der Waals surface area contributed by atoms with Crippen molar-refractivity contribution in [2.75, 3.05) is 39.8 Å². The molecule has 1 N–H and O–H groups in total. The van der Waals surface area contributed by atoms with Crippen LogP contribution in [0.5, 0.6) is 0 Å². The maximum Gasteiger partial charge on any atom is 0.242 e. The molecule has 0 aliphatic carbocycles. The Bertz CT molecular complexity index is 530. The van der Waals surface area contributed by atoms with Gasteiger partial charge < -0.3 is 19.6 Å². The highest BCUT2D eigenvalue weighted by Crippen LogP contribution is 2.01. The molecule has 0 radical (unpaired) electrons. The van der Waals surface area contributed by atoms with Crippen LogP contribution in [-0.4, -0.2) is 71.6 Å². The Labute approximate surface area is 167 Å². The Balaban J connectivity index is 0.00000576. The Kier molecular flexibility index (Phi) is 12.2. The first-order chi connectivity index (χ1) is 11.5. The summed E-state index contributed by atoms with van der Waals surface area (Å²) in [5.41, 5.74) is 0. The maximum atomic E-state index is 12.2. The third kappa shape index (κ3) is 8.50. The molecule has 0 saturated carbocycles. The predicted molar refractivity (Wildman–Crippen MR) is 109 cm³/mol. The molecule has 8 nitrogen and oxygen atoms in total. The van der Waals surface area contributed by atoms with E-state index in [0.29, 0.717) is 31.2 Å². The van der Waals surface area contributed by atoms with Gasteiger partial charge in [-0.3, -0.25) is 9.79 Å². The van der Waals surface area contributed by atoms with Crippen LogP contribution in [0.3, 0.4) is 0 Å². The molecule has 0 bridgehead atoms. The average molecular weight is 466 g/mol. The van der Waals surface area contributed by atoms with Gasteiger partial charge >= 0.3 is 0 Å². The summed E-state index contributed by atoms with van der Waals surface area (Å²) >= 11 is 0. The molecule has 0 aliphatic rings. The second kappa shape index (κ2) is 12.9. The highest BCUT2D eigenvalue weighted by molar-refractivity contribution is 14.0. The van der Waals surface area contributed by atoms with Crippen molar-refractivity contribution in [1.82, 2.24) is 25.3 Å². The minimum Gasteiger partial charge on any atom is -0.357 e. The highest BCUT2D eigenvalue weighted by atomic mass is 127. The van der Waals surface area contributed by atoms with Gasteiger partial charge in [-0.05, 0) is 34.1 Å². The first kappa shape index (κ1) is 23.6. The zero-order chi connectivity index (χ0) is 17.9. The smallest absolute Gasteiger partial charge is 0.242 e. The monoisotopic (exact) mass is 466 g/mol. The molecule has 0 fully saturated rings. The van der Waals surface area contributed by atoms with Crippen LogP contribution in [0.4, 0.5) is 0 Å². The molecule has 0 spiro atoms. The number of rotatable bonds is 9. The van der Waals surface area contributed by atoms with E-state index in [1.807, 2.05) is 37.6 Å². The number of likely N-dealkylation sites (N-methyl/N-ethyl adjacent to an activating group) is 2. The maximum absolute atomic E-state index is 12.2. The molecule has 144 valence electrons. The lowest BCUT2D eigenvalue weighted by molar-refractivity contribution is -0.131. The van der Waals surface area contributed by atoms with Gasteiger partial charge in [-0.1, -0.05) is 5.16 Å². The molecule has 1 aromatic heterocycles. The van der Waals surface area contributed by atoms with Gasteiger partial charge in [0.1, 0.15) is 0 Å². The SMILES string of the molecule is CCNC(=NCCCc1nc(C)no1)N(C)CC(=O)N(CC)CC.I. The van der Waals surface area contributed by atoms with E-state index in [-0.39, 0.29) is 29.9 Å².